The molecule has 1 unspecified atom stereocenters. The first-order valence-corrected chi connectivity index (χ1v) is 6.09. The molecule has 104 valence electrons. The van der Waals surface area contributed by atoms with Crippen molar-refractivity contribution >= 4 is 12.0 Å². The van der Waals surface area contributed by atoms with E-state index in [2.05, 4.69) is 15.6 Å². The smallest absolute Gasteiger partial charge is 0.326 e. The van der Waals surface area contributed by atoms with Gasteiger partial charge in [0, 0.05) is 18.4 Å². The Balaban J connectivity index is 2.47. The summed E-state index contributed by atoms with van der Waals surface area (Å²) in [6.45, 7) is 5.67. The van der Waals surface area contributed by atoms with Crippen LogP contribution in [0.4, 0.5) is 4.79 Å². The minimum absolute atomic E-state index is 0.177. The van der Waals surface area contributed by atoms with Crippen LogP contribution in [0.15, 0.2) is 18.3 Å². The first-order valence-electron chi connectivity index (χ1n) is 6.09. The van der Waals surface area contributed by atoms with Gasteiger partial charge in [0.2, 0.25) is 0 Å². The number of hydrogen-bond donors (Lipinski definition) is 3. The number of urea groups is 1. The number of carbonyl (C=O) groups excluding carboxylic acids is 1. The fraction of sp³-hybridized carbons (Fsp3) is 0.462. The summed E-state index contributed by atoms with van der Waals surface area (Å²) in [6.07, 6.45) is 1.67. The van der Waals surface area contributed by atoms with Gasteiger partial charge in [-0.3, -0.25) is 4.98 Å². The summed E-state index contributed by atoms with van der Waals surface area (Å²) in [4.78, 5) is 26.6. The number of nitrogens with zero attached hydrogens (tertiary/aromatic N) is 1. The Kier molecular flexibility index (Phi) is 5.29. The molecule has 0 saturated heterocycles. The van der Waals surface area contributed by atoms with Crippen LogP contribution in [0.5, 0.6) is 0 Å². The molecule has 0 radical (unpaired) electrons. The highest BCUT2D eigenvalue weighted by Gasteiger charge is 2.23. The van der Waals surface area contributed by atoms with E-state index in [4.69, 9.17) is 5.11 Å². The van der Waals surface area contributed by atoms with E-state index in [1.165, 1.54) is 0 Å². The highest BCUT2D eigenvalue weighted by atomic mass is 16.4. The summed E-state index contributed by atoms with van der Waals surface area (Å²) in [5.41, 5.74) is 1.76. The second-order valence-electron chi connectivity index (χ2n) is 4.69. The van der Waals surface area contributed by atoms with Gasteiger partial charge in [-0.2, -0.15) is 0 Å². The van der Waals surface area contributed by atoms with Crippen LogP contribution >= 0.6 is 0 Å². The fourth-order valence-corrected chi connectivity index (χ4v) is 1.49. The summed E-state index contributed by atoms with van der Waals surface area (Å²) < 4.78 is 0. The number of pyridine rings is 1. The van der Waals surface area contributed by atoms with Crippen molar-refractivity contribution < 1.29 is 14.7 Å². The molecular weight excluding hydrogens is 246 g/mol. The maximum atomic E-state index is 11.6. The van der Waals surface area contributed by atoms with Gasteiger partial charge in [0.05, 0.1) is 0 Å². The zero-order valence-corrected chi connectivity index (χ0v) is 11.3. The molecule has 1 atom stereocenters. The molecule has 0 fully saturated rings. The number of carboxylic acids is 1. The quantitative estimate of drug-likeness (QED) is 0.748. The number of rotatable bonds is 5. The van der Waals surface area contributed by atoms with E-state index in [1.807, 2.05) is 19.1 Å². The molecule has 1 aromatic heterocycles. The van der Waals surface area contributed by atoms with E-state index < -0.39 is 18.0 Å². The predicted molar refractivity (Wildman–Crippen MR) is 70.6 cm³/mol. The normalized spacial score (nSPS) is 12.0. The molecule has 2 amide bonds. The summed E-state index contributed by atoms with van der Waals surface area (Å²) in [5.74, 6) is -1.22. The van der Waals surface area contributed by atoms with Crippen LogP contribution in [0.2, 0.25) is 0 Å². The van der Waals surface area contributed by atoms with Crippen molar-refractivity contribution in [3.8, 4) is 0 Å². The second-order valence-corrected chi connectivity index (χ2v) is 4.69. The SMILES string of the molecule is Cc1ccc(CNC(=O)NC(C(=O)O)C(C)C)cn1. The molecule has 0 saturated carbocycles. The molecule has 0 bridgehead atoms. The van der Waals surface area contributed by atoms with E-state index in [0.717, 1.165) is 11.3 Å². The third-order valence-corrected chi connectivity index (χ3v) is 2.65. The van der Waals surface area contributed by atoms with E-state index in [0.29, 0.717) is 6.54 Å². The standard InChI is InChI=1S/C13H19N3O3/c1-8(2)11(12(17)18)16-13(19)15-7-10-5-4-9(3)14-6-10/h4-6,8,11H,7H2,1-3H3,(H,17,18)(H2,15,16,19). The van der Waals surface area contributed by atoms with Gasteiger partial charge in [0.15, 0.2) is 0 Å². The molecule has 3 N–H and O–H groups in total. The van der Waals surface area contributed by atoms with Crippen LogP contribution in [-0.2, 0) is 11.3 Å². The summed E-state index contributed by atoms with van der Waals surface area (Å²) >= 11 is 0. The number of aromatic nitrogens is 1. The third-order valence-electron chi connectivity index (χ3n) is 2.65. The van der Waals surface area contributed by atoms with E-state index in [9.17, 15) is 9.59 Å². The minimum Gasteiger partial charge on any atom is -0.480 e. The Morgan fingerprint density at radius 3 is 2.53 bits per heavy atom. The van der Waals surface area contributed by atoms with Gasteiger partial charge in [-0.15, -0.1) is 0 Å². The first kappa shape index (κ1) is 14.9. The lowest BCUT2D eigenvalue weighted by Gasteiger charge is -2.18. The summed E-state index contributed by atoms with van der Waals surface area (Å²) in [5, 5.41) is 14.0. The molecule has 0 aromatic carbocycles. The van der Waals surface area contributed by atoms with Crippen LogP contribution in [-0.4, -0.2) is 28.1 Å². The van der Waals surface area contributed by atoms with Crippen LogP contribution in [0.3, 0.4) is 0 Å². The van der Waals surface area contributed by atoms with Crippen molar-refractivity contribution in [2.24, 2.45) is 5.92 Å². The number of nitrogens with one attached hydrogen (secondary N) is 2. The molecular formula is C13H19N3O3. The van der Waals surface area contributed by atoms with Crippen molar-refractivity contribution in [2.75, 3.05) is 0 Å². The number of aryl methyl sites for hydroxylation is 1. The van der Waals surface area contributed by atoms with Gasteiger partial charge >= 0.3 is 12.0 Å². The second kappa shape index (κ2) is 6.72. The number of hydrogen-bond acceptors (Lipinski definition) is 3. The lowest BCUT2D eigenvalue weighted by Crippen LogP contribution is -2.48. The van der Waals surface area contributed by atoms with Gasteiger partial charge in [-0.25, -0.2) is 9.59 Å². The first-order chi connectivity index (χ1) is 8.90. The molecule has 0 aliphatic carbocycles. The third kappa shape index (κ3) is 4.95. The van der Waals surface area contributed by atoms with Gasteiger partial charge in [0.25, 0.3) is 0 Å². The van der Waals surface area contributed by atoms with Gasteiger partial charge in [-0.1, -0.05) is 19.9 Å². The zero-order valence-electron chi connectivity index (χ0n) is 11.3. The summed E-state index contributed by atoms with van der Waals surface area (Å²) in [6, 6.07) is 2.32. The fourth-order valence-electron chi connectivity index (χ4n) is 1.49. The average Bonchev–Trinajstić information content (AvgIpc) is 2.34. The molecule has 1 heterocycles. The Morgan fingerprint density at radius 2 is 2.05 bits per heavy atom. The largest absolute Gasteiger partial charge is 0.480 e. The Bertz CT molecular complexity index is 443. The van der Waals surface area contributed by atoms with Crippen molar-refractivity contribution in [3.63, 3.8) is 0 Å². The van der Waals surface area contributed by atoms with Gasteiger partial charge in [0.1, 0.15) is 6.04 Å². The number of carbonyl (C=O) groups is 2. The minimum atomic E-state index is -1.04. The monoisotopic (exact) mass is 265 g/mol. The maximum Gasteiger partial charge on any atom is 0.326 e. The van der Waals surface area contributed by atoms with Crippen LogP contribution in [0.1, 0.15) is 25.1 Å². The van der Waals surface area contributed by atoms with Crippen LogP contribution in [0.25, 0.3) is 0 Å². The average molecular weight is 265 g/mol. The molecule has 1 aromatic rings. The maximum absolute atomic E-state index is 11.6. The van der Waals surface area contributed by atoms with E-state index >= 15 is 0 Å². The Labute approximate surface area is 112 Å². The molecule has 1 rings (SSSR count). The van der Waals surface area contributed by atoms with Crippen molar-refractivity contribution in [3.05, 3.63) is 29.6 Å². The van der Waals surface area contributed by atoms with Gasteiger partial charge in [-0.05, 0) is 24.5 Å². The topological polar surface area (TPSA) is 91.3 Å². The van der Waals surface area contributed by atoms with Crippen molar-refractivity contribution in [1.29, 1.82) is 0 Å². The van der Waals surface area contributed by atoms with Gasteiger partial charge < -0.3 is 15.7 Å². The van der Waals surface area contributed by atoms with Crippen LogP contribution in [0, 0.1) is 12.8 Å². The Hall–Kier alpha value is -2.11. The van der Waals surface area contributed by atoms with Crippen molar-refractivity contribution in [1.82, 2.24) is 15.6 Å². The molecule has 0 spiro atoms. The number of amides is 2. The van der Waals surface area contributed by atoms with E-state index in [-0.39, 0.29) is 5.92 Å². The zero-order chi connectivity index (χ0) is 14.4. The molecule has 19 heavy (non-hydrogen) atoms. The molecule has 6 heteroatoms. The van der Waals surface area contributed by atoms with Crippen LogP contribution < -0.4 is 10.6 Å². The van der Waals surface area contributed by atoms with E-state index in [1.54, 1.807) is 20.0 Å². The lowest BCUT2D eigenvalue weighted by atomic mass is 10.1. The number of aliphatic carboxylic acids is 1. The van der Waals surface area contributed by atoms with Crippen molar-refractivity contribution in [2.45, 2.75) is 33.4 Å². The predicted octanol–water partition coefficient (Wildman–Crippen LogP) is 1.30. The Morgan fingerprint density at radius 1 is 1.37 bits per heavy atom. The highest BCUT2D eigenvalue weighted by molar-refractivity contribution is 5.82. The highest BCUT2D eigenvalue weighted by Crippen LogP contribution is 2.02. The molecule has 0 aliphatic heterocycles. The number of carboxylic acid groups (broad SMARTS) is 1. The molecule has 6 nitrogen and oxygen atoms in total. The molecule has 0 aliphatic rings. The lowest BCUT2D eigenvalue weighted by molar-refractivity contribution is -0.140. The summed E-state index contributed by atoms with van der Waals surface area (Å²) in [7, 11) is 0.